The molecule has 0 heterocycles. The molecule has 0 amide bonds. The second kappa shape index (κ2) is 5.44. The van der Waals surface area contributed by atoms with Crippen molar-refractivity contribution in [2.75, 3.05) is 13.7 Å². The first kappa shape index (κ1) is 13.4. The minimum Gasteiger partial charge on any atom is -0.497 e. The first-order chi connectivity index (χ1) is 10.2. The molecule has 0 bridgehead atoms. The van der Waals surface area contributed by atoms with Gasteiger partial charge in [0.2, 0.25) is 0 Å². The Kier molecular flexibility index (Phi) is 3.48. The molecule has 0 aromatic heterocycles. The molecule has 0 saturated carbocycles. The first-order valence-corrected chi connectivity index (χ1v) is 6.91. The van der Waals surface area contributed by atoms with E-state index in [4.69, 9.17) is 9.47 Å². The number of ether oxygens (including phenoxy) is 2. The van der Waals surface area contributed by atoms with E-state index in [2.05, 4.69) is 0 Å². The van der Waals surface area contributed by atoms with E-state index in [1.54, 1.807) is 7.11 Å². The van der Waals surface area contributed by atoms with Crippen molar-refractivity contribution in [3.63, 3.8) is 0 Å². The third-order valence-electron chi connectivity index (χ3n) is 3.56. The van der Waals surface area contributed by atoms with Crippen LogP contribution in [-0.2, 0) is 4.74 Å². The van der Waals surface area contributed by atoms with Crippen LogP contribution in [0.5, 0.6) is 5.75 Å². The zero-order valence-electron chi connectivity index (χ0n) is 12.1. The molecule has 0 aliphatic heterocycles. The van der Waals surface area contributed by atoms with E-state index < -0.39 is 0 Å². The Labute approximate surface area is 123 Å². The highest BCUT2D eigenvalue weighted by Gasteiger charge is 2.14. The molecule has 0 atom stereocenters. The Balaban J connectivity index is 2.36. The van der Waals surface area contributed by atoms with Crippen LogP contribution in [-0.4, -0.2) is 19.7 Å². The maximum atomic E-state index is 12.2. The van der Waals surface area contributed by atoms with Crippen molar-refractivity contribution < 1.29 is 14.3 Å². The lowest BCUT2D eigenvalue weighted by atomic mass is 9.97. The molecule has 3 rings (SSSR count). The van der Waals surface area contributed by atoms with Gasteiger partial charge in [0.25, 0.3) is 0 Å². The number of hydrogen-bond acceptors (Lipinski definition) is 3. The van der Waals surface area contributed by atoms with Crippen LogP contribution in [0.1, 0.15) is 17.3 Å². The van der Waals surface area contributed by atoms with Gasteiger partial charge in [-0.15, -0.1) is 0 Å². The number of esters is 1. The highest BCUT2D eigenvalue weighted by molar-refractivity contribution is 6.16. The van der Waals surface area contributed by atoms with Crippen LogP contribution in [0.25, 0.3) is 21.5 Å². The highest BCUT2D eigenvalue weighted by atomic mass is 16.5. The second-order valence-electron chi connectivity index (χ2n) is 4.78. The lowest BCUT2D eigenvalue weighted by molar-refractivity contribution is 0.0529. The van der Waals surface area contributed by atoms with Gasteiger partial charge in [0, 0.05) is 0 Å². The maximum Gasteiger partial charge on any atom is 0.338 e. The van der Waals surface area contributed by atoms with Crippen LogP contribution in [0, 0.1) is 0 Å². The Morgan fingerprint density at radius 1 is 1.00 bits per heavy atom. The molecule has 3 aromatic rings. The summed E-state index contributed by atoms with van der Waals surface area (Å²) >= 11 is 0. The molecule has 3 heteroatoms. The lowest BCUT2D eigenvalue weighted by Crippen LogP contribution is -2.05. The van der Waals surface area contributed by atoms with Crippen LogP contribution in [0.4, 0.5) is 0 Å². The maximum absolute atomic E-state index is 12.2. The largest absolute Gasteiger partial charge is 0.497 e. The van der Waals surface area contributed by atoms with Crippen LogP contribution in [0.15, 0.2) is 48.5 Å². The van der Waals surface area contributed by atoms with Crippen molar-refractivity contribution in [2.24, 2.45) is 0 Å². The van der Waals surface area contributed by atoms with E-state index >= 15 is 0 Å². The Morgan fingerprint density at radius 2 is 1.76 bits per heavy atom. The van der Waals surface area contributed by atoms with Gasteiger partial charge in [-0.3, -0.25) is 0 Å². The molecule has 0 unspecified atom stereocenters. The van der Waals surface area contributed by atoms with Crippen LogP contribution in [0.3, 0.4) is 0 Å². The second-order valence-corrected chi connectivity index (χ2v) is 4.78. The van der Waals surface area contributed by atoms with E-state index in [1.807, 2.05) is 55.5 Å². The molecule has 0 aliphatic rings. The van der Waals surface area contributed by atoms with E-state index in [9.17, 15) is 4.79 Å². The number of benzene rings is 3. The summed E-state index contributed by atoms with van der Waals surface area (Å²) in [7, 11) is 1.65. The quantitative estimate of drug-likeness (QED) is 0.533. The zero-order valence-corrected chi connectivity index (χ0v) is 12.1. The van der Waals surface area contributed by atoms with Gasteiger partial charge >= 0.3 is 5.97 Å². The van der Waals surface area contributed by atoms with Crippen molar-refractivity contribution in [3.8, 4) is 5.75 Å². The van der Waals surface area contributed by atoms with Gasteiger partial charge in [0.1, 0.15) is 5.75 Å². The standard InChI is InChI=1S/C18H16O3/c1-3-21-18(19)17-10-12-8-9-13(20-2)11-16(12)14-6-4-5-7-15(14)17/h4-11H,3H2,1-2H3. The summed E-state index contributed by atoms with van der Waals surface area (Å²) in [6, 6.07) is 15.6. The molecule has 21 heavy (non-hydrogen) atoms. The van der Waals surface area contributed by atoms with Gasteiger partial charge in [-0.1, -0.05) is 30.3 Å². The summed E-state index contributed by atoms with van der Waals surface area (Å²) in [6.07, 6.45) is 0. The highest BCUT2D eigenvalue weighted by Crippen LogP contribution is 2.31. The topological polar surface area (TPSA) is 35.5 Å². The van der Waals surface area contributed by atoms with Gasteiger partial charge in [0.05, 0.1) is 19.3 Å². The number of hydrogen-bond donors (Lipinski definition) is 0. The summed E-state index contributed by atoms with van der Waals surface area (Å²) in [6.45, 7) is 2.18. The molecule has 3 aromatic carbocycles. The summed E-state index contributed by atoms with van der Waals surface area (Å²) in [5, 5.41) is 3.99. The average molecular weight is 280 g/mol. The summed E-state index contributed by atoms with van der Waals surface area (Å²) < 4.78 is 10.5. The third kappa shape index (κ3) is 2.31. The molecule has 0 fully saturated rings. The van der Waals surface area contributed by atoms with Crippen LogP contribution >= 0.6 is 0 Å². The van der Waals surface area contributed by atoms with Gasteiger partial charge in [0.15, 0.2) is 0 Å². The predicted molar refractivity (Wildman–Crippen MR) is 84.0 cm³/mol. The fourth-order valence-corrected chi connectivity index (χ4v) is 2.59. The normalized spacial score (nSPS) is 10.8. The van der Waals surface area contributed by atoms with Crippen molar-refractivity contribution in [1.29, 1.82) is 0 Å². The molecule has 0 N–H and O–H groups in total. The molecule has 0 radical (unpaired) electrons. The molecule has 0 aliphatic carbocycles. The number of methoxy groups -OCH3 is 1. The first-order valence-electron chi connectivity index (χ1n) is 6.91. The number of carbonyl (C=O) groups is 1. The average Bonchev–Trinajstić information content (AvgIpc) is 2.53. The molecular weight excluding hydrogens is 264 g/mol. The number of carbonyl (C=O) groups excluding carboxylic acids is 1. The molecule has 0 spiro atoms. The molecule has 106 valence electrons. The van der Waals surface area contributed by atoms with E-state index in [-0.39, 0.29) is 5.97 Å². The van der Waals surface area contributed by atoms with Gasteiger partial charge in [-0.05, 0) is 46.7 Å². The van der Waals surface area contributed by atoms with Gasteiger partial charge < -0.3 is 9.47 Å². The molecule has 3 nitrogen and oxygen atoms in total. The molecule has 0 saturated heterocycles. The van der Waals surface area contributed by atoms with Crippen molar-refractivity contribution >= 4 is 27.5 Å². The summed E-state index contributed by atoms with van der Waals surface area (Å²) in [5.41, 5.74) is 0.602. The predicted octanol–water partition coefficient (Wildman–Crippen LogP) is 4.18. The Bertz CT molecular complexity index is 821. The SMILES string of the molecule is CCOC(=O)c1cc2ccc(OC)cc2c2ccccc12. The fraction of sp³-hybridized carbons (Fsp3) is 0.167. The van der Waals surface area contributed by atoms with Gasteiger partial charge in [-0.2, -0.15) is 0 Å². The third-order valence-corrected chi connectivity index (χ3v) is 3.56. The summed E-state index contributed by atoms with van der Waals surface area (Å²) in [4.78, 5) is 12.2. The zero-order chi connectivity index (χ0) is 14.8. The van der Waals surface area contributed by atoms with Gasteiger partial charge in [-0.25, -0.2) is 4.79 Å². The molecular formula is C18H16O3. The Morgan fingerprint density at radius 3 is 2.48 bits per heavy atom. The van der Waals surface area contributed by atoms with E-state index in [0.717, 1.165) is 27.3 Å². The minimum absolute atomic E-state index is 0.286. The van der Waals surface area contributed by atoms with Crippen molar-refractivity contribution in [1.82, 2.24) is 0 Å². The van der Waals surface area contributed by atoms with Crippen molar-refractivity contribution in [3.05, 3.63) is 54.1 Å². The monoisotopic (exact) mass is 280 g/mol. The van der Waals surface area contributed by atoms with E-state index in [0.29, 0.717) is 12.2 Å². The minimum atomic E-state index is -0.286. The summed E-state index contributed by atoms with van der Waals surface area (Å²) in [5.74, 6) is 0.517. The fourth-order valence-electron chi connectivity index (χ4n) is 2.59. The smallest absolute Gasteiger partial charge is 0.338 e. The van der Waals surface area contributed by atoms with Crippen LogP contribution < -0.4 is 4.74 Å². The Hall–Kier alpha value is -2.55. The van der Waals surface area contributed by atoms with Crippen molar-refractivity contribution in [2.45, 2.75) is 6.92 Å². The van der Waals surface area contributed by atoms with Crippen LogP contribution in [0.2, 0.25) is 0 Å². The number of fused-ring (bicyclic) bond motifs is 3. The lowest BCUT2D eigenvalue weighted by Gasteiger charge is -2.11. The van der Waals surface area contributed by atoms with E-state index in [1.165, 1.54) is 0 Å². The number of rotatable bonds is 3.